The van der Waals surface area contributed by atoms with Gasteiger partial charge >= 0.3 is 0 Å². The number of rotatable bonds is 2. The average Bonchev–Trinajstić information content (AvgIpc) is 2.80. The minimum atomic E-state index is -0.462. The normalized spacial score (nSPS) is 19.0. The maximum atomic E-state index is 14.0. The molecule has 116 valence electrons. The maximum absolute atomic E-state index is 14.0. The number of hydrogen-bond donors (Lipinski definition) is 0. The van der Waals surface area contributed by atoms with Crippen LogP contribution < -0.4 is 0 Å². The van der Waals surface area contributed by atoms with Crippen LogP contribution in [0.1, 0.15) is 47.8 Å². The van der Waals surface area contributed by atoms with Gasteiger partial charge in [0.05, 0.1) is 17.3 Å². The molecule has 1 aliphatic heterocycles. The van der Waals surface area contributed by atoms with Crippen molar-refractivity contribution < 1.29 is 9.18 Å². The van der Waals surface area contributed by atoms with Crippen LogP contribution in [0.3, 0.4) is 0 Å². The van der Waals surface area contributed by atoms with Crippen molar-refractivity contribution >= 4 is 5.91 Å². The maximum Gasteiger partial charge on any atom is 0.257 e. The molecule has 1 amide bonds. The Hall–Kier alpha value is -2.17. The number of aromatic nitrogens is 2. The van der Waals surface area contributed by atoms with Crippen LogP contribution in [-0.2, 0) is 7.05 Å². The summed E-state index contributed by atoms with van der Waals surface area (Å²) >= 11 is 0. The molecular formula is C17H20FN3O. The van der Waals surface area contributed by atoms with E-state index in [1.807, 2.05) is 19.3 Å². The average molecular weight is 301 g/mol. The number of nitrogens with zero attached hydrogens (tertiary/aromatic N) is 3. The first-order valence-corrected chi connectivity index (χ1v) is 7.72. The molecule has 1 aliphatic rings. The first kappa shape index (κ1) is 14.8. The van der Waals surface area contributed by atoms with E-state index in [1.54, 1.807) is 27.8 Å². The van der Waals surface area contributed by atoms with Gasteiger partial charge in [-0.25, -0.2) is 4.39 Å². The van der Waals surface area contributed by atoms with Crippen molar-refractivity contribution in [3.63, 3.8) is 0 Å². The molecule has 0 aliphatic carbocycles. The zero-order chi connectivity index (χ0) is 15.5. The summed E-state index contributed by atoms with van der Waals surface area (Å²) in [6, 6.07) is 8.06. The number of carbonyl (C=O) groups excluding carboxylic acids is 1. The second-order valence-corrected chi connectivity index (χ2v) is 5.76. The van der Waals surface area contributed by atoms with E-state index in [2.05, 4.69) is 5.10 Å². The summed E-state index contributed by atoms with van der Waals surface area (Å²) in [7, 11) is 1.86. The van der Waals surface area contributed by atoms with Crippen LogP contribution in [0.2, 0.25) is 0 Å². The number of halogens is 1. The zero-order valence-electron chi connectivity index (χ0n) is 12.7. The number of carbonyl (C=O) groups is 1. The van der Waals surface area contributed by atoms with Crippen LogP contribution in [0.5, 0.6) is 0 Å². The zero-order valence-corrected chi connectivity index (χ0v) is 12.7. The molecule has 1 aromatic heterocycles. The molecule has 1 fully saturated rings. The molecule has 4 nitrogen and oxygen atoms in total. The van der Waals surface area contributed by atoms with E-state index in [0.29, 0.717) is 6.54 Å². The molecule has 3 rings (SSSR count). The van der Waals surface area contributed by atoms with E-state index in [9.17, 15) is 9.18 Å². The third-order valence-corrected chi connectivity index (χ3v) is 4.19. The van der Waals surface area contributed by atoms with Gasteiger partial charge in [-0.05, 0) is 31.0 Å². The van der Waals surface area contributed by atoms with Gasteiger partial charge in [-0.1, -0.05) is 25.0 Å². The minimum absolute atomic E-state index is 0.0733. The number of amides is 1. The summed E-state index contributed by atoms with van der Waals surface area (Å²) in [5, 5.41) is 4.45. The summed E-state index contributed by atoms with van der Waals surface area (Å²) < 4.78 is 15.7. The fourth-order valence-electron chi connectivity index (χ4n) is 3.06. The molecular weight excluding hydrogens is 281 g/mol. The van der Waals surface area contributed by atoms with Gasteiger partial charge in [0.25, 0.3) is 5.91 Å². The summed E-state index contributed by atoms with van der Waals surface area (Å²) in [6.45, 7) is 0.647. The standard InChI is InChI=1S/C17H20FN3O/c1-20-12-10-15(19-20)16-9-3-2-6-11-21(16)17(22)13-7-4-5-8-14(13)18/h4-5,7-8,10,12,16H,2-3,6,9,11H2,1H3/t16-/m1/s1. The lowest BCUT2D eigenvalue weighted by Gasteiger charge is -2.29. The van der Waals surface area contributed by atoms with Gasteiger partial charge in [0.15, 0.2) is 0 Å². The highest BCUT2D eigenvalue weighted by Gasteiger charge is 2.30. The molecule has 1 saturated heterocycles. The van der Waals surface area contributed by atoms with E-state index in [1.165, 1.54) is 6.07 Å². The van der Waals surface area contributed by atoms with Gasteiger partial charge in [0.1, 0.15) is 5.82 Å². The predicted molar refractivity (Wildman–Crippen MR) is 81.9 cm³/mol. The molecule has 1 atom stereocenters. The van der Waals surface area contributed by atoms with Crippen LogP contribution in [0.4, 0.5) is 4.39 Å². The topological polar surface area (TPSA) is 38.1 Å². The Morgan fingerprint density at radius 2 is 2.05 bits per heavy atom. The van der Waals surface area contributed by atoms with Gasteiger partial charge in [0, 0.05) is 19.8 Å². The first-order chi connectivity index (χ1) is 10.7. The molecule has 0 saturated carbocycles. The van der Waals surface area contributed by atoms with Crippen molar-refractivity contribution in [2.75, 3.05) is 6.54 Å². The Morgan fingerprint density at radius 1 is 1.23 bits per heavy atom. The molecule has 2 aromatic rings. The van der Waals surface area contributed by atoms with E-state index in [0.717, 1.165) is 31.4 Å². The molecule has 0 N–H and O–H groups in total. The van der Waals surface area contributed by atoms with Gasteiger partial charge in [0.2, 0.25) is 0 Å². The summed E-state index contributed by atoms with van der Waals surface area (Å²) in [6.07, 6.45) is 5.85. The van der Waals surface area contributed by atoms with Crippen LogP contribution >= 0.6 is 0 Å². The third-order valence-electron chi connectivity index (χ3n) is 4.19. The van der Waals surface area contributed by atoms with Crippen molar-refractivity contribution in [2.24, 2.45) is 7.05 Å². The molecule has 0 spiro atoms. The molecule has 0 unspecified atom stereocenters. The summed E-state index contributed by atoms with van der Waals surface area (Å²) in [4.78, 5) is 14.6. The minimum Gasteiger partial charge on any atom is -0.330 e. The van der Waals surface area contributed by atoms with Crippen LogP contribution in [0.15, 0.2) is 36.5 Å². The van der Waals surface area contributed by atoms with E-state index in [4.69, 9.17) is 0 Å². The second-order valence-electron chi connectivity index (χ2n) is 5.76. The predicted octanol–water partition coefficient (Wildman–Crippen LogP) is 3.32. The quantitative estimate of drug-likeness (QED) is 0.853. The number of hydrogen-bond acceptors (Lipinski definition) is 2. The van der Waals surface area contributed by atoms with E-state index >= 15 is 0 Å². The Bertz CT molecular complexity index is 667. The lowest BCUT2D eigenvalue weighted by Crippen LogP contribution is -2.35. The molecule has 0 bridgehead atoms. The van der Waals surface area contributed by atoms with Crippen molar-refractivity contribution in [3.8, 4) is 0 Å². The highest BCUT2D eigenvalue weighted by molar-refractivity contribution is 5.94. The lowest BCUT2D eigenvalue weighted by molar-refractivity contribution is 0.0671. The van der Waals surface area contributed by atoms with E-state index < -0.39 is 5.82 Å². The van der Waals surface area contributed by atoms with Gasteiger partial charge in [-0.2, -0.15) is 5.10 Å². The van der Waals surface area contributed by atoms with Crippen molar-refractivity contribution in [3.05, 3.63) is 53.6 Å². The molecule has 1 aromatic carbocycles. The smallest absolute Gasteiger partial charge is 0.257 e. The number of aryl methyl sites for hydroxylation is 1. The van der Waals surface area contributed by atoms with Gasteiger partial charge < -0.3 is 4.90 Å². The molecule has 0 radical (unpaired) electrons. The highest BCUT2D eigenvalue weighted by Crippen LogP contribution is 2.30. The fourth-order valence-corrected chi connectivity index (χ4v) is 3.06. The Morgan fingerprint density at radius 3 is 2.77 bits per heavy atom. The molecule has 2 heterocycles. The number of likely N-dealkylation sites (tertiary alicyclic amines) is 1. The fraction of sp³-hybridized carbons (Fsp3) is 0.412. The third kappa shape index (κ3) is 2.89. The van der Waals surface area contributed by atoms with Crippen molar-refractivity contribution in [1.29, 1.82) is 0 Å². The SMILES string of the molecule is Cn1ccc([C@H]2CCCCCN2C(=O)c2ccccc2F)n1. The molecule has 5 heteroatoms. The summed E-state index contributed by atoms with van der Waals surface area (Å²) in [5.74, 6) is -0.702. The van der Waals surface area contributed by atoms with Gasteiger partial charge in [-0.3, -0.25) is 9.48 Å². The second kappa shape index (κ2) is 6.30. The first-order valence-electron chi connectivity index (χ1n) is 7.72. The number of benzene rings is 1. The van der Waals surface area contributed by atoms with Gasteiger partial charge in [-0.15, -0.1) is 0 Å². The van der Waals surface area contributed by atoms with Crippen LogP contribution in [0.25, 0.3) is 0 Å². The summed E-state index contributed by atoms with van der Waals surface area (Å²) in [5.41, 5.74) is 1.03. The Kier molecular flexibility index (Phi) is 4.22. The van der Waals surface area contributed by atoms with Crippen molar-refractivity contribution in [2.45, 2.75) is 31.7 Å². The Balaban J connectivity index is 1.94. The van der Waals surface area contributed by atoms with Crippen molar-refractivity contribution in [1.82, 2.24) is 14.7 Å². The molecule has 22 heavy (non-hydrogen) atoms. The highest BCUT2D eigenvalue weighted by atomic mass is 19.1. The van der Waals surface area contributed by atoms with E-state index in [-0.39, 0.29) is 17.5 Å². The monoisotopic (exact) mass is 301 g/mol. The lowest BCUT2D eigenvalue weighted by atomic mass is 10.1. The van der Waals surface area contributed by atoms with Crippen LogP contribution in [-0.4, -0.2) is 27.1 Å². The Labute approximate surface area is 129 Å². The van der Waals surface area contributed by atoms with Crippen LogP contribution in [0, 0.1) is 5.82 Å². The largest absolute Gasteiger partial charge is 0.330 e.